The van der Waals surface area contributed by atoms with E-state index >= 15 is 0 Å². The van der Waals surface area contributed by atoms with Gasteiger partial charge < -0.3 is 10.6 Å². The van der Waals surface area contributed by atoms with E-state index in [1.54, 1.807) is 18.3 Å². The fourth-order valence-electron chi connectivity index (χ4n) is 2.08. The van der Waals surface area contributed by atoms with Crippen molar-refractivity contribution in [2.45, 2.75) is 13.3 Å². The highest BCUT2D eigenvalue weighted by Gasteiger charge is 2.14. The van der Waals surface area contributed by atoms with Crippen LogP contribution in [-0.2, 0) is 4.79 Å². The molecule has 0 fully saturated rings. The third kappa shape index (κ3) is 3.44. The van der Waals surface area contributed by atoms with Crippen LogP contribution in [0, 0.1) is 10.1 Å². The molecule has 2 N–H and O–H groups in total. The number of aromatic nitrogens is 1. The molecule has 7 nitrogen and oxygen atoms in total. The molecule has 0 aliphatic carbocycles. The lowest BCUT2D eigenvalue weighted by molar-refractivity contribution is -0.383. The van der Waals surface area contributed by atoms with Crippen molar-refractivity contribution in [2.75, 3.05) is 18.4 Å². The average molecular weight is 288 g/mol. The van der Waals surface area contributed by atoms with Gasteiger partial charge in [-0.1, -0.05) is 0 Å². The molecule has 0 bridgehead atoms. The summed E-state index contributed by atoms with van der Waals surface area (Å²) in [5.74, 6) is -0.0297. The van der Waals surface area contributed by atoms with Crippen LogP contribution in [0.1, 0.15) is 13.3 Å². The van der Waals surface area contributed by atoms with E-state index in [1.807, 2.05) is 6.92 Å². The number of hydrogen-bond acceptors (Lipinski definition) is 5. The van der Waals surface area contributed by atoms with Gasteiger partial charge in [0.1, 0.15) is 0 Å². The van der Waals surface area contributed by atoms with E-state index in [1.165, 1.54) is 12.3 Å². The van der Waals surface area contributed by atoms with Gasteiger partial charge in [0, 0.05) is 49.0 Å². The third-order valence-electron chi connectivity index (χ3n) is 3.03. The normalized spacial score (nSPS) is 10.3. The largest absolute Gasteiger partial charge is 0.384 e. The quantitative estimate of drug-likeness (QED) is 0.626. The molecule has 0 aliphatic heterocycles. The lowest BCUT2D eigenvalue weighted by atomic mass is 10.1. The first-order valence-corrected chi connectivity index (χ1v) is 6.65. The molecule has 1 aromatic heterocycles. The second kappa shape index (κ2) is 6.65. The van der Waals surface area contributed by atoms with Crippen LogP contribution >= 0.6 is 0 Å². The smallest absolute Gasteiger partial charge is 0.278 e. The topological polar surface area (TPSA) is 97.2 Å². The molecule has 0 radical (unpaired) electrons. The van der Waals surface area contributed by atoms with E-state index in [0.29, 0.717) is 24.9 Å². The summed E-state index contributed by atoms with van der Waals surface area (Å²) in [6.45, 7) is 2.92. The van der Waals surface area contributed by atoms with Crippen LogP contribution in [0.5, 0.6) is 0 Å². The van der Waals surface area contributed by atoms with Gasteiger partial charge >= 0.3 is 0 Å². The fourth-order valence-corrected chi connectivity index (χ4v) is 2.08. The van der Waals surface area contributed by atoms with Crippen LogP contribution in [0.15, 0.2) is 30.6 Å². The first-order valence-electron chi connectivity index (χ1n) is 6.65. The summed E-state index contributed by atoms with van der Waals surface area (Å²) in [5.41, 5.74) is 0.773. The summed E-state index contributed by atoms with van der Waals surface area (Å²) in [6.07, 6.45) is 3.40. The van der Waals surface area contributed by atoms with E-state index in [4.69, 9.17) is 0 Å². The van der Waals surface area contributed by atoms with Gasteiger partial charge in [-0.15, -0.1) is 0 Å². The molecular weight excluding hydrogens is 272 g/mol. The number of rotatable bonds is 6. The van der Waals surface area contributed by atoms with Gasteiger partial charge in [0.25, 0.3) is 5.69 Å². The van der Waals surface area contributed by atoms with Crippen LogP contribution in [-0.4, -0.2) is 28.9 Å². The molecule has 0 saturated heterocycles. The van der Waals surface area contributed by atoms with Crippen molar-refractivity contribution in [1.29, 1.82) is 0 Å². The number of fused-ring (bicyclic) bond motifs is 1. The van der Waals surface area contributed by atoms with Crippen molar-refractivity contribution in [2.24, 2.45) is 0 Å². The molecule has 21 heavy (non-hydrogen) atoms. The Morgan fingerprint density at radius 3 is 2.86 bits per heavy atom. The van der Waals surface area contributed by atoms with Crippen LogP contribution < -0.4 is 10.6 Å². The molecule has 0 aliphatic rings. The van der Waals surface area contributed by atoms with Gasteiger partial charge in [0.15, 0.2) is 0 Å². The number of benzene rings is 1. The minimum atomic E-state index is -0.428. The number of anilines is 1. The number of hydrogen-bond donors (Lipinski definition) is 2. The number of pyridine rings is 1. The predicted octanol–water partition coefficient (Wildman–Crippen LogP) is 2.08. The summed E-state index contributed by atoms with van der Waals surface area (Å²) >= 11 is 0. The molecular formula is C14H16N4O3. The van der Waals surface area contributed by atoms with E-state index in [2.05, 4.69) is 15.6 Å². The summed E-state index contributed by atoms with van der Waals surface area (Å²) in [5, 5.41) is 18.0. The first kappa shape index (κ1) is 14.7. The molecule has 0 spiro atoms. The van der Waals surface area contributed by atoms with E-state index in [-0.39, 0.29) is 11.6 Å². The Bertz CT molecular complexity index is 672. The van der Waals surface area contributed by atoms with Gasteiger partial charge in [0.05, 0.1) is 10.3 Å². The van der Waals surface area contributed by atoms with Gasteiger partial charge in [-0.2, -0.15) is 0 Å². The Morgan fingerprint density at radius 2 is 2.14 bits per heavy atom. The molecule has 2 rings (SSSR count). The molecule has 0 atom stereocenters. The number of nitro groups is 1. The van der Waals surface area contributed by atoms with Crippen LogP contribution in [0.3, 0.4) is 0 Å². The van der Waals surface area contributed by atoms with Crippen molar-refractivity contribution in [3.8, 4) is 0 Å². The molecule has 7 heteroatoms. The Hall–Kier alpha value is -2.70. The van der Waals surface area contributed by atoms with Crippen molar-refractivity contribution >= 4 is 28.1 Å². The third-order valence-corrected chi connectivity index (χ3v) is 3.03. The highest BCUT2D eigenvalue weighted by molar-refractivity contribution is 5.99. The Balaban J connectivity index is 2.20. The number of nitrogens with zero attached hydrogens (tertiary/aromatic N) is 2. The molecule has 0 saturated carbocycles. The zero-order chi connectivity index (χ0) is 15.2. The average Bonchev–Trinajstić information content (AvgIpc) is 2.47. The Morgan fingerprint density at radius 1 is 1.33 bits per heavy atom. The van der Waals surface area contributed by atoms with Crippen molar-refractivity contribution in [3.63, 3.8) is 0 Å². The van der Waals surface area contributed by atoms with E-state index < -0.39 is 4.92 Å². The summed E-state index contributed by atoms with van der Waals surface area (Å²) < 4.78 is 0. The van der Waals surface area contributed by atoms with Crippen molar-refractivity contribution in [1.82, 2.24) is 10.3 Å². The van der Waals surface area contributed by atoms with Gasteiger partial charge in [-0.05, 0) is 19.1 Å². The summed E-state index contributed by atoms with van der Waals surface area (Å²) in [6, 6.07) is 4.81. The lowest BCUT2D eigenvalue weighted by Gasteiger charge is -2.09. The highest BCUT2D eigenvalue weighted by atomic mass is 16.6. The molecule has 1 heterocycles. The Kier molecular flexibility index (Phi) is 4.65. The molecule has 0 unspecified atom stereocenters. The monoisotopic (exact) mass is 288 g/mol. The number of non-ortho nitro benzene ring substituents is 1. The second-order valence-electron chi connectivity index (χ2n) is 4.44. The maximum atomic E-state index is 11.4. The van der Waals surface area contributed by atoms with Gasteiger partial charge in [0.2, 0.25) is 5.91 Å². The Labute approximate surface area is 121 Å². The molecule has 110 valence electrons. The minimum absolute atomic E-state index is 0.0207. The number of carbonyl (C=O) groups excluding carboxylic acids is 1. The first-order chi connectivity index (χ1) is 10.1. The van der Waals surface area contributed by atoms with Gasteiger partial charge in [-0.3, -0.25) is 19.9 Å². The van der Waals surface area contributed by atoms with Crippen LogP contribution in [0.2, 0.25) is 0 Å². The van der Waals surface area contributed by atoms with Crippen LogP contribution in [0.4, 0.5) is 11.4 Å². The van der Waals surface area contributed by atoms with Crippen LogP contribution in [0.25, 0.3) is 10.8 Å². The molecule has 1 amide bonds. The van der Waals surface area contributed by atoms with E-state index in [0.717, 1.165) is 11.1 Å². The number of nitrogens with one attached hydrogen (secondary N) is 2. The zero-order valence-electron chi connectivity index (χ0n) is 11.6. The predicted molar refractivity (Wildman–Crippen MR) is 80.2 cm³/mol. The standard InChI is InChI=1S/C14H16N4O3/c1-2-16-14(19)6-8-17-12-3-4-13(18(20)21)11-9-15-7-5-10(11)12/h3-5,7,9,17H,2,6,8H2,1H3,(H,16,19). The highest BCUT2D eigenvalue weighted by Crippen LogP contribution is 2.30. The molecule has 1 aromatic carbocycles. The number of carbonyl (C=O) groups is 1. The van der Waals surface area contributed by atoms with E-state index in [9.17, 15) is 14.9 Å². The number of amides is 1. The maximum absolute atomic E-state index is 11.4. The fraction of sp³-hybridized carbons (Fsp3) is 0.286. The summed E-state index contributed by atoms with van der Waals surface area (Å²) in [7, 11) is 0. The minimum Gasteiger partial charge on any atom is -0.384 e. The van der Waals surface area contributed by atoms with Crippen molar-refractivity contribution in [3.05, 3.63) is 40.7 Å². The maximum Gasteiger partial charge on any atom is 0.278 e. The lowest BCUT2D eigenvalue weighted by Crippen LogP contribution is -2.24. The number of nitro benzene ring substituents is 1. The SMILES string of the molecule is CCNC(=O)CCNc1ccc([N+](=O)[O-])c2cnccc12. The van der Waals surface area contributed by atoms with Crippen molar-refractivity contribution < 1.29 is 9.72 Å². The zero-order valence-corrected chi connectivity index (χ0v) is 11.6. The second-order valence-corrected chi connectivity index (χ2v) is 4.44. The summed E-state index contributed by atoms with van der Waals surface area (Å²) in [4.78, 5) is 25.9. The van der Waals surface area contributed by atoms with Gasteiger partial charge in [-0.25, -0.2) is 0 Å². The molecule has 2 aromatic rings.